The highest BCUT2D eigenvalue weighted by molar-refractivity contribution is 6.31. The van der Waals surface area contributed by atoms with Crippen LogP contribution < -0.4 is 5.76 Å². The van der Waals surface area contributed by atoms with E-state index >= 15 is 0 Å². The lowest BCUT2D eigenvalue weighted by Gasteiger charge is -2.31. The third-order valence-electron chi connectivity index (χ3n) is 4.09. The molecule has 2 aromatic rings. The van der Waals surface area contributed by atoms with Crippen LogP contribution in [0.2, 0.25) is 5.02 Å². The van der Waals surface area contributed by atoms with Gasteiger partial charge in [-0.1, -0.05) is 29.8 Å². The molecule has 0 unspecified atom stereocenters. The zero-order valence-corrected chi connectivity index (χ0v) is 12.8. The van der Waals surface area contributed by atoms with E-state index in [4.69, 9.17) is 16.0 Å². The first kappa shape index (κ1) is 15.3. The Kier molecular flexibility index (Phi) is 4.61. The molecular formula is C15H18ClN3O3. The summed E-state index contributed by atoms with van der Waals surface area (Å²) in [6.45, 7) is 2.19. The molecule has 1 saturated heterocycles. The Hall–Kier alpha value is -1.63. The molecule has 0 spiro atoms. The Morgan fingerprint density at radius 3 is 2.77 bits per heavy atom. The predicted molar refractivity (Wildman–Crippen MR) is 82.0 cm³/mol. The largest absolute Gasteiger partial charge is 0.434 e. The van der Waals surface area contributed by atoms with E-state index in [1.54, 1.807) is 6.07 Å². The minimum Gasteiger partial charge on any atom is -0.392 e. The average Bonchev–Trinajstić information content (AvgIpc) is 2.95. The number of halogens is 1. The molecule has 6 nitrogen and oxygen atoms in total. The van der Waals surface area contributed by atoms with Crippen LogP contribution >= 0.6 is 11.6 Å². The van der Waals surface area contributed by atoms with Gasteiger partial charge in [-0.3, -0.25) is 0 Å². The van der Waals surface area contributed by atoms with E-state index in [1.807, 2.05) is 18.2 Å². The molecule has 118 valence electrons. The molecule has 0 amide bonds. The van der Waals surface area contributed by atoms with Crippen LogP contribution in [0.1, 0.15) is 36.3 Å². The fourth-order valence-electron chi connectivity index (χ4n) is 2.87. The molecule has 1 aromatic carbocycles. The van der Waals surface area contributed by atoms with Crippen molar-refractivity contribution in [1.29, 1.82) is 0 Å². The van der Waals surface area contributed by atoms with Gasteiger partial charge in [-0.25, -0.2) is 9.89 Å². The number of aliphatic hydroxyl groups is 1. The van der Waals surface area contributed by atoms with Gasteiger partial charge in [-0.15, -0.1) is 5.10 Å². The van der Waals surface area contributed by atoms with Crippen LogP contribution in [0.25, 0.3) is 0 Å². The molecule has 1 aliphatic rings. The normalized spacial score (nSPS) is 18.5. The first-order valence-corrected chi connectivity index (χ1v) is 7.71. The van der Waals surface area contributed by atoms with Gasteiger partial charge < -0.3 is 14.4 Å². The smallest absolute Gasteiger partial charge is 0.392 e. The van der Waals surface area contributed by atoms with Gasteiger partial charge >= 0.3 is 5.76 Å². The summed E-state index contributed by atoms with van der Waals surface area (Å²) in [5.74, 6) is 0.135. The van der Waals surface area contributed by atoms with Crippen molar-refractivity contribution >= 4 is 11.6 Å². The van der Waals surface area contributed by atoms with E-state index in [0.717, 1.165) is 31.5 Å². The zero-order chi connectivity index (χ0) is 15.5. The number of aromatic nitrogens is 2. The Bertz CT molecular complexity index is 676. The van der Waals surface area contributed by atoms with Crippen molar-refractivity contribution in [2.24, 2.45) is 0 Å². The molecule has 1 atom stereocenters. The standard InChI is InChI=1S/C15H18ClN3O3/c16-12-4-2-1-3-11(12)13(20)9-19-7-5-10(6-8-19)14-17-18-15(21)22-14/h1-4,10,13,20H,5-9H2,(H,18,21)/t13-/m0/s1. The summed E-state index contributed by atoms with van der Waals surface area (Å²) < 4.78 is 5.02. The van der Waals surface area contributed by atoms with Crippen molar-refractivity contribution in [2.45, 2.75) is 24.9 Å². The van der Waals surface area contributed by atoms with Crippen molar-refractivity contribution in [3.05, 3.63) is 51.3 Å². The van der Waals surface area contributed by atoms with E-state index in [0.29, 0.717) is 17.5 Å². The van der Waals surface area contributed by atoms with Gasteiger partial charge in [0.2, 0.25) is 5.89 Å². The lowest BCUT2D eigenvalue weighted by molar-refractivity contribution is 0.0948. The monoisotopic (exact) mass is 323 g/mol. The van der Waals surface area contributed by atoms with E-state index in [9.17, 15) is 9.90 Å². The van der Waals surface area contributed by atoms with Crippen LogP contribution in [0, 0.1) is 0 Å². The quantitative estimate of drug-likeness (QED) is 0.898. The summed E-state index contributed by atoms with van der Waals surface area (Å²) in [6, 6.07) is 7.35. The lowest BCUT2D eigenvalue weighted by atomic mass is 9.96. The molecule has 1 aliphatic heterocycles. The number of likely N-dealkylation sites (tertiary alicyclic amines) is 1. The Balaban J connectivity index is 1.56. The first-order chi connectivity index (χ1) is 10.6. The maximum Gasteiger partial charge on any atom is 0.434 e. The molecule has 0 aliphatic carbocycles. The van der Waals surface area contributed by atoms with Gasteiger partial charge in [0.05, 0.1) is 6.10 Å². The van der Waals surface area contributed by atoms with E-state index < -0.39 is 11.9 Å². The second-order valence-electron chi connectivity index (χ2n) is 5.56. The van der Waals surface area contributed by atoms with Gasteiger partial charge in [-0.05, 0) is 32.0 Å². The highest BCUT2D eigenvalue weighted by Crippen LogP contribution is 2.28. The van der Waals surface area contributed by atoms with Crippen molar-refractivity contribution < 1.29 is 9.52 Å². The third kappa shape index (κ3) is 3.40. The van der Waals surface area contributed by atoms with Crippen LogP contribution in [-0.4, -0.2) is 39.8 Å². The molecule has 0 radical (unpaired) electrons. The molecule has 3 rings (SSSR count). The number of nitrogens with one attached hydrogen (secondary N) is 1. The predicted octanol–water partition coefficient (Wildman–Crippen LogP) is 1.93. The van der Waals surface area contributed by atoms with Gasteiger partial charge in [0, 0.05) is 23.0 Å². The van der Waals surface area contributed by atoms with Gasteiger partial charge in [-0.2, -0.15) is 0 Å². The number of aliphatic hydroxyl groups excluding tert-OH is 1. The fraction of sp³-hybridized carbons (Fsp3) is 0.467. The molecule has 22 heavy (non-hydrogen) atoms. The van der Waals surface area contributed by atoms with Crippen LogP contribution in [-0.2, 0) is 0 Å². The van der Waals surface area contributed by atoms with Gasteiger partial charge in [0.25, 0.3) is 0 Å². The Labute approximate surface area is 132 Å². The van der Waals surface area contributed by atoms with Crippen molar-refractivity contribution in [2.75, 3.05) is 19.6 Å². The SMILES string of the molecule is O=c1[nH]nc(C2CCN(C[C@H](O)c3ccccc3Cl)CC2)o1. The van der Waals surface area contributed by atoms with Gasteiger partial charge in [0.1, 0.15) is 0 Å². The summed E-state index contributed by atoms with van der Waals surface area (Å²) in [5, 5.41) is 17.1. The number of hydrogen-bond donors (Lipinski definition) is 2. The average molecular weight is 324 g/mol. The summed E-state index contributed by atoms with van der Waals surface area (Å²) >= 11 is 6.11. The van der Waals surface area contributed by atoms with E-state index in [1.165, 1.54) is 0 Å². The molecule has 0 saturated carbocycles. The number of nitrogens with zero attached hydrogens (tertiary/aromatic N) is 2. The van der Waals surface area contributed by atoms with Crippen molar-refractivity contribution in [3.8, 4) is 0 Å². The number of rotatable bonds is 4. The second kappa shape index (κ2) is 6.64. The lowest BCUT2D eigenvalue weighted by Crippen LogP contribution is -2.36. The number of β-amino-alcohol motifs (C(OH)–C–C–N with tert-alkyl or cyclic N) is 1. The molecule has 2 N–H and O–H groups in total. The minimum atomic E-state index is -0.603. The summed E-state index contributed by atoms with van der Waals surface area (Å²) in [6.07, 6.45) is 1.10. The summed E-state index contributed by atoms with van der Waals surface area (Å²) in [5.41, 5.74) is 0.754. The number of aromatic amines is 1. The molecule has 1 aromatic heterocycles. The minimum absolute atomic E-state index is 0.160. The number of H-pyrrole nitrogens is 1. The second-order valence-corrected chi connectivity index (χ2v) is 5.97. The van der Waals surface area contributed by atoms with Crippen molar-refractivity contribution in [1.82, 2.24) is 15.1 Å². The highest BCUT2D eigenvalue weighted by Gasteiger charge is 2.26. The van der Waals surface area contributed by atoms with Gasteiger partial charge in [0.15, 0.2) is 0 Å². The molecular weight excluding hydrogens is 306 g/mol. The maximum atomic E-state index is 11.0. The van der Waals surface area contributed by atoms with Crippen LogP contribution in [0.4, 0.5) is 0 Å². The van der Waals surface area contributed by atoms with E-state index in [2.05, 4.69) is 15.1 Å². The number of piperidine rings is 1. The first-order valence-electron chi connectivity index (χ1n) is 7.33. The number of benzene rings is 1. The Morgan fingerprint density at radius 2 is 2.14 bits per heavy atom. The third-order valence-corrected chi connectivity index (χ3v) is 4.43. The molecule has 7 heteroatoms. The summed E-state index contributed by atoms with van der Waals surface area (Å²) in [4.78, 5) is 13.2. The topological polar surface area (TPSA) is 82.4 Å². The number of hydrogen-bond acceptors (Lipinski definition) is 5. The van der Waals surface area contributed by atoms with Crippen LogP contribution in [0.15, 0.2) is 33.5 Å². The van der Waals surface area contributed by atoms with Crippen LogP contribution in [0.3, 0.4) is 0 Å². The Morgan fingerprint density at radius 1 is 1.41 bits per heavy atom. The summed E-state index contributed by atoms with van der Waals surface area (Å²) in [7, 11) is 0. The fourth-order valence-corrected chi connectivity index (χ4v) is 3.13. The molecule has 1 fully saturated rings. The molecule has 2 heterocycles. The highest BCUT2D eigenvalue weighted by atomic mass is 35.5. The maximum absolute atomic E-state index is 11.0. The van der Waals surface area contributed by atoms with E-state index in [-0.39, 0.29) is 5.92 Å². The molecule has 0 bridgehead atoms. The zero-order valence-electron chi connectivity index (χ0n) is 12.0. The van der Waals surface area contributed by atoms with Crippen LogP contribution in [0.5, 0.6) is 0 Å². The van der Waals surface area contributed by atoms with Crippen molar-refractivity contribution in [3.63, 3.8) is 0 Å².